The van der Waals surface area contributed by atoms with Gasteiger partial charge in [-0.15, -0.1) is 0 Å². The summed E-state index contributed by atoms with van der Waals surface area (Å²) in [6, 6.07) is 7.50. The molecule has 1 N–H and O–H groups in total. The van der Waals surface area contributed by atoms with Crippen molar-refractivity contribution in [3.8, 4) is 5.75 Å². The highest BCUT2D eigenvalue weighted by Gasteiger charge is 2.59. The molecule has 1 aromatic rings. The standard InChI is InChI=1S/C16H22O3/c1-4-15(5-2)10-16(11-15,14(17)18)12-8-6-7-9-13(12)19-3/h6-9H,4-5,10-11H2,1-3H3,(H,17,18). The van der Waals surface area contributed by atoms with E-state index in [-0.39, 0.29) is 5.41 Å². The van der Waals surface area contributed by atoms with Crippen LogP contribution in [-0.4, -0.2) is 18.2 Å². The molecule has 19 heavy (non-hydrogen) atoms. The highest BCUT2D eigenvalue weighted by Crippen LogP contribution is 2.60. The lowest BCUT2D eigenvalue weighted by atomic mass is 9.48. The van der Waals surface area contributed by atoms with Crippen LogP contribution >= 0.6 is 0 Å². The number of benzene rings is 1. The van der Waals surface area contributed by atoms with Crippen molar-refractivity contribution >= 4 is 5.97 Å². The van der Waals surface area contributed by atoms with E-state index < -0.39 is 11.4 Å². The van der Waals surface area contributed by atoms with Gasteiger partial charge in [0.25, 0.3) is 0 Å². The number of ether oxygens (including phenoxy) is 1. The van der Waals surface area contributed by atoms with Crippen LogP contribution in [0.2, 0.25) is 0 Å². The van der Waals surface area contributed by atoms with Crippen molar-refractivity contribution in [3.05, 3.63) is 29.8 Å². The number of aliphatic carboxylic acids is 1. The van der Waals surface area contributed by atoms with Gasteiger partial charge >= 0.3 is 5.97 Å². The molecule has 0 saturated heterocycles. The molecule has 0 atom stereocenters. The van der Waals surface area contributed by atoms with Crippen LogP contribution in [0.5, 0.6) is 5.75 Å². The summed E-state index contributed by atoms with van der Waals surface area (Å²) in [6.45, 7) is 4.30. The molecule has 0 heterocycles. The monoisotopic (exact) mass is 262 g/mol. The first-order valence-corrected chi connectivity index (χ1v) is 6.90. The van der Waals surface area contributed by atoms with Crippen LogP contribution in [-0.2, 0) is 10.2 Å². The van der Waals surface area contributed by atoms with E-state index in [0.717, 1.165) is 18.4 Å². The summed E-state index contributed by atoms with van der Waals surface area (Å²) in [6.07, 6.45) is 3.49. The Morgan fingerprint density at radius 3 is 2.32 bits per heavy atom. The lowest BCUT2D eigenvalue weighted by molar-refractivity contribution is -0.155. The number of rotatable bonds is 5. The third-order valence-corrected chi connectivity index (χ3v) is 4.89. The number of carbonyl (C=O) groups is 1. The summed E-state index contributed by atoms with van der Waals surface area (Å²) in [5.41, 5.74) is 0.236. The summed E-state index contributed by atoms with van der Waals surface area (Å²) < 4.78 is 5.35. The van der Waals surface area contributed by atoms with Gasteiger partial charge in [0.1, 0.15) is 5.75 Å². The lowest BCUT2D eigenvalue weighted by Gasteiger charge is -2.54. The van der Waals surface area contributed by atoms with Crippen LogP contribution in [0.15, 0.2) is 24.3 Å². The third kappa shape index (κ3) is 2.01. The zero-order valence-corrected chi connectivity index (χ0v) is 11.9. The Balaban J connectivity index is 2.41. The van der Waals surface area contributed by atoms with Crippen LogP contribution < -0.4 is 4.74 Å². The SMILES string of the molecule is CCC1(CC)CC(C(=O)O)(c2ccccc2OC)C1. The highest BCUT2D eigenvalue weighted by atomic mass is 16.5. The largest absolute Gasteiger partial charge is 0.496 e. The van der Waals surface area contributed by atoms with Gasteiger partial charge in [-0.1, -0.05) is 44.9 Å². The molecule has 2 rings (SSSR count). The second-order valence-corrected chi connectivity index (χ2v) is 5.65. The van der Waals surface area contributed by atoms with Crippen LogP contribution in [0.3, 0.4) is 0 Å². The molecule has 0 radical (unpaired) electrons. The molecule has 3 heteroatoms. The van der Waals surface area contributed by atoms with E-state index in [0.29, 0.717) is 18.6 Å². The molecular weight excluding hydrogens is 240 g/mol. The fourth-order valence-corrected chi connectivity index (χ4v) is 3.48. The van der Waals surface area contributed by atoms with Crippen LogP contribution in [0, 0.1) is 5.41 Å². The van der Waals surface area contributed by atoms with Gasteiger partial charge in [0.2, 0.25) is 0 Å². The minimum Gasteiger partial charge on any atom is -0.496 e. The number of methoxy groups -OCH3 is 1. The Bertz CT molecular complexity index is 467. The van der Waals surface area contributed by atoms with Gasteiger partial charge in [-0.3, -0.25) is 4.79 Å². The fourth-order valence-electron chi connectivity index (χ4n) is 3.48. The minimum absolute atomic E-state index is 0.180. The molecule has 1 saturated carbocycles. The van der Waals surface area contributed by atoms with Crippen molar-refractivity contribution in [2.45, 2.75) is 44.9 Å². The molecule has 1 fully saturated rings. The van der Waals surface area contributed by atoms with Gasteiger partial charge in [0, 0.05) is 5.56 Å². The average molecular weight is 262 g/mol. The van der Waals surface area contributed by atoms with Crippen molar-refractivity contribution < 1.29 is 14.6 Å². The Kier molecular flexibility index (Phi) is 3.57. The van der Waals surface area contributed by atoms with Gasteiger partial charge in [-0.2, -0.15) is 0 Å². The molecular formula is C16H22O3. The predicted octanol–water partition coefficient (Wildman–Crippen LogP) is 3.62. The summed E-state index contributed by atoms with van der Waals surface area (Å²) in [7, 11) is 1.60. The van der Waals surface area contributed by atoms with Crippen molar-refractivity contribution in [2.75, 3.05) is 7.11 Å². The average Bonchev–Trinajstić information content (AvgIpc) is 2.39. The molecule has 0 amide bonds. The molecule has 0 bridgehead atoms. The van der Waals surface area contributed by atoms with Crippen LogP contribution in [0.4, 0.5) is 0 Å². The number of hydrogen-bond acceptors (Lipinski definition) is 2. The summed E-state index contributed by atoms with van der Waals surface area (Å²) in [5, 5.41) is 9.72. The second kappa shape index (κ2) is 4.87. The first kappa shape index (κ1) is 13.9. The summed E-state index contributed by atoms with van der Waals surface area (Å²) in [5.74, 6) is -0.0415. The van der Waals surface area contributed by atoms with Crippen molar-refractivity contribution in [3.63, 3.8) is 0 Å². The predicted molar refractivity (Wildman–Crippen MR) is 74.6 cm³/mol. The fraction of sp³-hybridized carbons (Fsp3) is 0.562. The van der Waals surface area contributed by atoms with Crippen LogP contribution in [0.1, 0.15) is 45.1 Å². The van der Waals surface area contributed by atoms with E-state index in [2.05, 4.69) is 13.8 Å². The van der Waals surface area contributed by atoms with Crippen molar-refractivity contribution in [1.82, 2.24) is 0 Å². The van der Waals surface area contributed by atoms with Crippen LogP contribution in [0.25, 0.3) is 0 Å². The van der Waals surface area contributed by atoms with Gasteiger partial charge in [-0.25, -0.2) is 0 Å². The summed E-state index contributed by atoms with van der Waals surface area (Å²) in [4.78, 5) is 11.8. The minimum atomic E-state index is -0.765. The topological polar surface area (TPSA) is 46.5 Å². The molecule has 0 spiro atoms. The van der Waals surface area contributed by atoms with Gasteiger partial charge in [0.05, 0.1) is 12.5 Å². The number of hydrogen-bond donors (Lipinski definition) is 1. The molecule has 1 aliphatic rings. The quantitative estimate of drug-likeness (QED) is 0.881. The number of para-hydroxylation sites is 1. The molecule has 0 aromatic heterocycles. The Morgan fingerprint density at radius 2 is 1.84 bits per heavy atom. The van der Waals surface area contributed by atoms with E-state index in [1.165, 1.54) is 0 Å². The lowest BCUT2D eigenvalue weighted by Crippen LogP contribution is -2.54. The molecule has 104 valence electrons. The van der Waals surface area contributed by atoms with Gasteiger partial charge in [0.15, 0.2) is 0 Å². The number of carboxylic acid groups (broad SMARTS) is 1. The molecule has 3 nitrogen and oxygen atoms in total. The molecule has 0 unspecified atom stereocenters. The van der Waals surface area contributed by atoms with Crippen molar-refractivity contribution in [2.24, 2.45) is 5.41 Å². The normalized spacial score (nSPS) is 19.5. The van der Waals surface area contributed by atoms with E-state index in [4.69, 9.17) is 4.74 Å². The maximum absolute atomic E-state index is 11.8. The van der Waals surface area contributed by atoms with E-state index in [1.807, 2.05) is 24.3 Å². The molecule has 1 aliphatic carbocycles. The van der Waals surface area contributed by atoms with E-state index in [1.54, 1.807) is 7.11 Å². The maximum Gasteiger partial charge on any atom is 0.314 e. The molecule has 0 aliphatic heterocycles. The van der Waals surface area contributed by atoms with Gasteiger partial charge < -0.3 is 9.84 Å². The molecule has 1 aromatic carbocycles. The Labute approximate surface area is 114 Å². The number of carboxylic acids is 1. The highest BCUT2D eigenvalue weighted by molar-refractivity contribution is 5.84. The van der Waals surface area contributed by atoms with Crippen molar-refractivity contribution in [1.29, 1.82) is 0 Å². The Morgan fingerprint density at radius 1 is 1.26 bits per heavy atom. The third-order valence-electron chi connectivity index (χ3n) is 4.89. The van der Waals surface area contributed by atoms with E-state index >= 15 is 0 Å². The second-order valence-electron chi connectivity index (χ2n) is 5.65. The maximum atomic E-state index is 11.8. The van der Waals surface area contributed by atoms with Gasteiger partial charge in [-0.05, 0) is 24.3 Å². The zero-order chi connectivity index (χ0) is 14.1. The zero-order valence-electron chi connectivity index (χ0n) is 11.9. The van der Waals surface area contributed by atoms with E-state index in [9.17, 15) is 9.90 Å². The summed E-state index contributed by atoms with van der Waals surface area (Å²) >= 11 is 0. The smallest absolute Gasteiger partial charge is 0.314 e. The Hall–Kier alpha value is -1.51. The first-order chi connectivity index (χ1) is 9.03. The first-order valence-electron chi connectivity index (χ1n) is 6.90.